The van der Waals surface area contributed by atoms with Crippen LogP contribution in [0.5, 0.6) is 0 Å². The number of guanidine groups is 1. The Labute approximate surface area is 97.7 Å². The van der Waals surface area contributed by atoms with Gasteiger partial charge in [0.1, 0.15) is 0 Å². The Balaban J connectivity index is 2.05. The Bertz CT molecular complexity index is 265. The highest BCUT2D eigenvalue weighted by atomic mass is 15.4. The summed E-state index contributed by atoms with van der Waals surface area (Å²) in [6.07, 6.45) is 3.88. The molecule has 2 bridgehead atoms. The van der Waals surface area contributed by atoms with E-state index in [4.69, 9.17) is 5.84 Å². The number of nitrogens with two attached hydrogens (primary N) is 1. The summed E-state index contributed by atoms with van der Waals surface area (Å²) >= 11 is 0. The molecule has 2 saturated heterocycles. The van der Waals surface area contributed by atoms with Crippen LogP contribution >= 0.6 is 0 Å². The van der Waals surface area contributed by atoms with Crippen LogP contribution in [0.4, 0.5) is 0 Å². The second-order valence-corrected chi connectivity index (χ2v) is 4.73. The standard InChI is InChI=1S/C11H23N5/c1-3-13-11(14-12)16-7-6-9-4-5-10(8-16)15(9)2/h9-10H,3-8,12H2,1-2H3,(H,13,14). The molecule has 0 aromatic rings. The molecule has 0 aliphatic carbocycles. The maximum absolute atomic E-state index is 5.54. The van der Waals surface area contributed by atoms with Gasteiger partial charge in [0.15, 0.2) is 0 Å². The number of hydrogen-bond donors (Lipinski definition) is 2. The van der Waals surface area contributed by atoms with Gasteiger partial charge in [0.2, 0.25) is 5.96 Å². The molecule has 2 unspecified atom stereocenters. The number of hydrogen-bond acceptors (Lipinski definition) is 3. The molecule has 0 aromatic heterocycles. The summed E-state index contributed by atoms with van der Waals surface area (Å²) in [6, 6.07) is 1.43. The quantitative estimate of drug-likeness (QED) is 0.285. The van der Waals surface area contributed by atoms with Crippen LogP contribution in [0, 0.1) is 0 Å². The van der Waals surface area contributed by atoms with Gasteiger partial charge in [0.05, 0.1) is 0 Å². The smallest absolute Gasteiger partial charge is 0.208 e. The van der Waals surface area contributed by atoms with Gasteiger partial charge in [-0.05, 0) is 33.2 Å². The number of likely N-dealkylation sites (N-methyl/N-ethyl adjacent to an activating group) is 1. The van der Waals surface area contributed by atoms with Crippen LogP contribution in [0.15, 0.2) is 4.99 Å². The summed E-state index contributed by atoms with van der Waals surface area (Å²) in [6.45, 7) is 4.93. The second kappa shape index (κ2) is 5.01. The van der Waals surface area contributed by atoms with E-state index < -0.39 is 0 Å². The fourth-order valence-electron chi connectivity index (χ4n) is 2.89. The summed E-state index contributed by atoms with van der Waals surface area (Å²) in [4.78, 5) is 9.23. The zero-order chi connectivity index (χ0) is 11.5. The maximum Gasteiger partial charge on any atom is 0.208 e. The fraction of sp³-hybridized carbons (Fsp3) is 0.909. The Morgan fingerprint density at radius 3 is 2.81 bits per heavy atom. The summed E-state index contributed by atoms with van der Waals surface area (Å²) in [7, 11) is 2.25. The van der Waals surface area contributed by atoms with Gasteiger partial charge in [-0.15, -0.1) is 0 Å². The minimum atomic E-state index is 0.669. The topological polar surface area (TPSA) is 56.9 Å². The molecule has 5 nitrogen and oxygen atoms in total. The molecule has 0 amide bonds. The highest BCUT2D eigenvalue weighted by Gasteiger charge is 2.35. The van der Waals surface area contributed by atoms with Crippen molar-refractivity contribution in [2.75, 3.05) is 26.7 Å². The van der Waals surface area contributed by atoms with Crippen molar-refractivity contribution in [3.63, 3.8) is 0 Å². The monoisotopic (exact) mass is 225 g/mol. The molecule has 2 heterocycles. The minimum absolute atomic E-state index is 0.669. The molecule has 16 heavy (non-hydrogen) atoms. The lowest BCUT2D eigenvalue weighted by molar-refractivity contribution is 0.245. The van der Waals surface area contributed by atoms with Crippen molar-refractivity contribution < 1.29 is 0 Å². The van der Waals surface area contributed by atoms with E-state index in [1.54, 1.807) is 0 Å². The number of hydrazine groups is 1. The Morgan fingerprint density at radius 2 is 2.12 bits per heavy atom. The zero-order valence-corrected chi connectivity index (χ0v) is 10.3. The van der Waals surface area contributed by atoms with E-state index in [2.05, 4.69) is 27.3 Å². The summed E-state index contributed by atoms with van der Waals surface area (Å²) in [5.74, 6) is 6.39. The Hall–Kier alpha value is -0.810. The molecule has 2 aliphatic heterocycles. The minimum Gasteiger partial charge on any atom is -0.340 e. The highest BCUT2D eigenvalue weighted by Crippen LogP contribution is 2.28. The van der Waals surface area contributed by atoms with Crippen LogP contribution in [0.25, 0.3) is 0 Å². The molecule has 3 N–H and O–H groups in total. The Kier molecular flexibility index (Phi) is 3.66. The van der Waals surface area contributed by atoms with E-state index in [-0.39, 0.29) is 0 Å². The molecule has 2 rings (SSSR count). The van der Waals surface area contributed by atoms with Crippen LogP contribution in [0.1, 0.15) is 26.2 Å². The molecular weight excluding hydrogens is 202 g/mol. The predicted octanol–water partition coefficient (Wildman–Crippen LogP) is -0.00590. The molecule has 0 radical (unpaired) electrons. The number of fused-ring (bicyclic) bond motifs is 2. The summed E-state index contributed by atoms with van der Waals surface area (Å²) in [5.41, 5.74) is 2.73. The van der Waals surface area contributed by atoms with E-state index >= 15 is 0 Å². The van der Waals surface area contributed by atoms with Crippen molar-refractivity contribution in [1.82, 2.24) is 15.2 Å². The van der Waals surface area contributed by atoms with Crippen LogP contribution in [-0.2, 0) is 0 Å². The predicted molar refractivity (Wildman–Crippen MR) is 66.1 cm³/mol. The average molecular weight is 225 g/mol. The average Bonchev–Trinajstić information content (AvgIpc) is 2.51. The van der Waals surface area contributed by atoms with Crippen LogP contribution in [0.2, 0.25) is 0 Å². The van der Waals surface area contributed by atoms with E-state index in [9.17, 15) is 0 Å². The molecular formula is C11H23N5. The lowest BCUT2D eigenvalue weighted by Crippen LogP contribution is -2.48. The van der Waals surface area contributed by atoms with E-state index in [1.807, 2.05) is 6.92 Å². The molecule has 2 atom stereocenters. The second-order valence-electron chi connectivity index (χ2n) is 4.73. The van der Waals surface area contributed by atoms with E-state index in [0.29, 0.717) is 6.04 Å². The lowest BCUT2D eigenvalue weighted by Gasteiger charge is -2.27. The molecule has 5 heteroatoms. The van der Waals surface area contributed by atoms with E-state index in [0.717, 1.165) is 31.6 Å². The van der Waals surface area contributed by atoms with Gasteiger partial charge < -0.3 is 4.90 Å². The number of likely N-dealkylation sites (tertiary alicyclic amines) is 1. The van der Waals surface area contributed by atoms with Gasteiger partial charge >= 0.3 is 0 Å². The number of rotatable bonds is 1. The first kappa shape index (κ1) is 11.7. The number of aliphatic imine (C=N–C) groups is 1. The van der Waals surface area contributed by atoms with Crippen molar-refractivity contribution in [2.24, 2.45) is 10.8 Å². The third-order valence-corrected chi connectivity index (χ3v) is 3.88. The van der Waals surface area contributed by atoms with Crippen molar-refractivity contribution in [2.45, 2.75) is 38.3 Å². The lowest BCUT2D eigenvalue weighted by atomic mass is 10.1. The third kappa shape index (κ3) is 2.15. The van der Waals surface area contributed by atoms with Crippen molar-refractivity contribution in [3.8, 4) is 0 Å². The van der Waals surface area contributed by atoms with Crippen LogP contribution < -0.4 is 11.3 Å². The Morgan fingerprint density at radius 1 is 1.38 bits per heavy atom. The van der Waals surface area contributed by atoms with Gasteiger partial charge in [-0.3, -0.25) is 15.3 Å². The highest BCUT2D eigenvalue weighted by molar-refractivity contribution is 5.79. The third-order valence-electron chi connectivity index (χ3n) is 3.88. The van der Waals surface area contributed by atoms with E-state index in [1.165, 1.54) is 19.3 Å². The van der Waals surface area contributed by atoms with Gasteiger partial charge in [-0.2, -0.15) is 0 Å². The number of nitrogens with zero attached hydrogens (tertiary/aromatic N) is 3. The normalized spacial score (nSPS) is 31.7. The molecule has 0 saturated carbocycles. The summed E-state index contributed by atoms with van der Waals surface area (Å²) in [5, 5.41) is 0. The maximum atomic E-state index is 5.54. The first-order valence-electron chi connectivity index (χ1n) is 6.24. The van der Waals surface area contributed by atoms with Crippen LogP contribution in [0.3, 0.4) is 0 Å². The van der Waals surface area contributed by atoms with Crippen molar-refractivity contribution in [3.05, 3.63) is 0 Å². The first-order valence-corrected chi connectivity index (χ1v) is 6.24. The largest absolute Gasteiger partial charge is 0.340 e. The molecule has 92 valence electrons. The molecule has 2 aliphatic rings. The van der Waals surface area contributed by atoms with Gasteiger partial charge in [-0.1, -0.05) is 0 Å². The SMILES string of the molecule is CCN=C(NN)N1CCC2CCC(C1)N2C. The van der Waals surface area contributed by atoms with Crippen molar-refractivity contribution in [1.29, 1.82) is 0 Å². The first-order chi connectivity index (χ1) is 7.76. The summed E-state index contributed by atoms with van der Waals surface area (Å²) < 4.78 is 0. The molecule has 0 aromatic carbocycles. The van der Waals surface area contributed by atoms with Gasteiger partial charge in [0.25, 0.3) is 0 Å². The zero-order valence-electron chi connectivity index (χ0n) is 10.3. The van der Waals surface area contributed by atoms with Gasteiger partial charge in [-0.25, -0.2) is 5.84 Å². The van der Waals surface area contributed by atoms with Crippen LogP contribution in [-0.4, -0.2) is 54.5 Å². The number of nitrogens with one attached hydrogen (secondary N) is 1. The molecule has 0 spiro atoms. The fourth-order valence-corrected chi connectivity index (χ4v) is 2.89. The van der Waals surface area contributed by atoms with Gasteiger partial charge in [0, 0.05) is 31.7 Å². The van der Waals surface area contributed by atoms with Crippen molar-refractivity contribution >= 4 is 5.96 Å². The molecule has 2 fully saturated rings.